The molecule has 1 saturated heterocycles. The number of esters is 1. The monoisotopic (exact) mass is 516 g/mol. The summed E-state index contributed by atoms with van der Waals surface area (Å²) < 4.78 is 38.2. The fourth-order valence-corrected chi connectivity index (χ4v) is 6.23. The van der Waals surface area contributed by atoms with E-state index in [1.54, 1.807) is 0 Å². The van der Waals surface area contributed by atoms with Gasteiger partial charge in [-0.2, -0.15) is 4.31 Å². The summed E-state index contributed by atoms with van der Waals surface area (Å²) in [7, 11) is -3.80. The summed E-state index contributed by atoms with van der Waals surface area (Å²) in [5.74, 6) is -0.698. The van der Waals surface area contributed by atoms with Gasteiger partial charge in [0.1, 0.15) is 0 Å². The van der Waals surface area contributed by atoms with E-state index in [1.807, 2.05) is 0 Å². The van der Waals surface area contributed by atoms with Crippen LogP contribution < -0.4 is 5.32 Å². The van der Waals surface area contributed by atoms with Gasteiger partial charge in [0.15, 0.2) is 6.10 Å². The molecule has 0 aromatic heterocycles. The Labute approximate surface area is 191 Å². The van der Waals surface area contributed by atoms with Gasteiger partial charge < -0.3 is 14.8 Å². The molecule has 1 aliphatic heterocycles. The predicted molar refractivity (Wildman–Crippen MR) is 118 cm³/mol. The van der Waals surface area contributed by atoms with E-state index in [-0.39, 0.29) is 35.5 Å². The molecule has 8 nitrogen and oxygen atoms in total. The van der Waals surface area contributed by atoms with Crippen molar-refractivity contribution in [1.82, 2.24) is 9.62 Å². The average molecular weight is 517 g/mol. The molecule has 31 heavy (non-hydrogen) atoms. The number of carbonyl (C=O) groups is 2. The topological polar surface area (TPSA) is 102 Å². The number of carbonyl (C=O) groups excluding carboxylic acids is 2. The van der Waals surface area contributed by atoms with Crippen LogP contribution >= 0.6 is 15.9 Å². The van der Waals surface area contributed by atoms with Crippen molar-refractivity contribution >= 4 is 37.8 Å². The summed E-state index contributed by atoms with van der Waals surface area (Å²) in [6, 6.07) is 4.34. The third-order valence-corrected chi connectivity index (χ3v) is 8.74. The zero-order chi connectivity index (χ0) is 22.6. The molecule has 0 unspecified atom stereocenters. The fourth-order valence-electron chi connectivity index (χ4n) is 3.87. The Hall–Kier alpha value is -1.49. The van der Waals surface area contributed by atoms with E-state index in [0.29, 0.717) is 23.6 Å². The van der Waals surface area contributed by atoms with Gasteiger partial charge in [0.05, 0.1) is 23.7 Å². The van der Waals surface area contributed by atoms with E-state index in [4.69, 9.17) is 9.47 Å². The standard InChI is InChI=1S/C21H29BrN2O6S/c1-14-5-3-4-6-18(14)23-20(25)15(2)30-21(26)16-7-8-17(22)19(13-16)31(27,28)24-9-11-29-12-10-24/h7-8,13-15,18H,3-6,9-12H2,1-2H3,(H,23,25)/t14-,15+,18-/m0/s1. The highest BCUT2D eigenvalue weighted by Gasteiger charge is 2.30. The van der Waals surface area contributed by atoms with Crippen LogP contribution in [-0.2, 0) is 24.3 Å². The molecular weight excluding hydrogens is 488 g/mol. The minimum atomic E-state index is -3.80. The Kier molecular flexibility index (Phi) is 8.12. The summed E-state index contributed by atoms with van der Waals surface area (Å²) >= 11 is 3.26. The number of hydrogen-bond acceptors (Lipinski definition) is 6. The summed E-state index contributed by atoms with van der Waals surface area (Å²) in [6.07, 6.45) is 3.24. The predicted octanol–water partition coefficient (Wildman–Crippen LogP) is 2.71. The first-order chi connectivity index (χ1) is 14.7. The van der Waals surface area contributed by atoms with Crippen molar-refractivity contribution in [3.63, 3.8) is 0 Å². The molecule has 0 bridgehead atoms. The highest BCUT2D eigenvalue weighted by atomic mass is 79.9. The minimum absolute atomic E-state index is 0.0167. The molecule has 3 atom stereocenters. The third kappa shape index (κ3) is 5.85. The first-order valence-corrected chi connectivity index (χ1v) is 12.8. The van der Waals surface area contributed by atoms with Gasteiger partial charge in [-0.3, -0.25) is 4.79 Å². The molecule has 1 aliphatic carbocycles. The second-order valence-electron chi connectivity index (χ2n) is 8.09. The van der Waals surface area contributed by atoms with Crippen LogP contribution in [-0.4, -0.2) is 63.0 Å². The molecule has 1 aromatic rings. The molecule has 1 amide bonds. The van der Waals surface area contributed by atoms with Crippen molar-refractivity contribution in [2.24, 2.45) is 5.92 Å². The molecule has 2 aliphatic rings. The number of nitrogens with one attached hydrogen (secondary N) is 1. The van der Waals surface area contributed by atoms with Gasteiger partial charge in [0, 0.05) is 23.6 Å². The van der Waals surface area contributed by atoms with E-state index >= 15 is 0 Å². The summed E-state index contributed by atoms with van der Waals surface area (Å²) in [5, 5.41) is 2.97. The number of amides is 1. The van der Waals surface area contributed by atoms with E-state index in [2.05, 4.69) is 28.2 Å². The second kappa shape index (κ2) is 10.4. The highest BCUT2D eigenvalue weighted by molar-refractivity contribution is 9.10. The van der Waals surface area contributed by atoms with E-state index in [9.17, 15) is 18.0 Å². The van der Waals surface area contributed by atoms with Crippen molar-refractivity contribution in [1.29, 1.82) is 0 Å². The quantitative estimate of drug-likeness (QED) is 0.583. The average Bonchev–Trinajstić information content (AvgIpc) is 2.76. The molecule has 172 valence electrons. The molecule has 3 rings (SSSR count). The maximum atomic E-state index is 13.0. The molecular formula is C21H29BrN2O6S. The van der Waals surface area contributed by atoms with Gasteiger partial charge >= 0.3 is 5.97 Å². The number of sulfonamides is 1. The lowest BCUT2D eigenvalue weighted by molar-refractivity contribution is -0.130. The third-order valence-electron chi connectivity index (χ3n) is 5.85. The maximum Gasteiger partial charge on any atom is 0.338 e. The normalized spacial score (nSPS) is 23.7. The Morgan fingerprint density at radius 3 is 2.58 bits per heavy atom. The summed E-state index contributed by atoms with van der Waals surface area (Å²) in [6.45, 7) is 4.78. The fraction of sp³-hybridized carbons (Fsp3) is 0.619. The Morgan fingerprint density at radius 2 is 1.90 bits per heavy atom. The van der Waals surface area contributed by atoms with Gasteiger partial charge in [-0.15, -0.1) is 0 Å². The number of benzene rings is 1. The van der Waals surface area contributed by atoms with Crippen LogP contribution in [0.1, 0.15) is 49.9 Å². The van der Waals surface area contributed by atoms with Gasteiger partial charge in [0.25, 0.3) is 5.91 Å². The lowest BCUT2D eigenvalue weighted by atomic mass is 9.86. The lowest BCUT2D eigenvalue weighted by Gasteiger charge is -2.30. The van der Waals surface area contributed by atoms with Crippen LogP contribution in [0.2, 0.25) is 0 Å². The lowest BCUT2D eigenvalue weighted by Crippen LogP contribution is -2.46. The molecule has 0 spiro atoms. The van der Waals surface area contributed by atoms with Crippen LogP contribution in [0.4, 0.5) is 0 Å². The van der Waals surface area contributed by atoms with Gasteiger partial charge in [0.2, 0.25) is 10.0 Å². The molecule has 1 aromatic carbocycles. The zero-order valence-corrected chi connectivity index (χ0v) is 20.2. The molecule has 2 fully saturated rings. The molecule has 0 radical (unpaired) electrons. The van der Waals surface area contributed by atoms with Crippen LogP contribution in [0.3, 0.4) is 0 Å². The maximum absolute atomic E-state index is 13.0. The van der Waals surface area contributed by atoms with Crippen LogP contribution in [0, 0.1) is 5.92 Å². The first kappa shape index (κ1) is 24.2. The SMILES string of the molecule is C[C@@H](OC(=O)c1ccc(Br)c(S(=O)(=O)N2CCOCC2)c1)C(=O)N[C@H]1CCCC[C@@H]1C. The van der Waals surface area contributed by atoms with E-state index in [0.717, 1.165) is 25.7 Å². The van der Waals surface area contributed by atoms with Crippen molar-refractivity contribution in [2.75, 3.05) is 26.3 Å². The van der Waals surface area contributed by atoms with Crippen LogP contribution in [0.5, 0.6) is 0 Å². The highest BCUT2D eigenvalue weighted by Crippen LogP contribution is 2.27. The molecule has 1 heterocycles. The number of nitrogens with zero attached hydrogens (tertiary/aromatic N) is 1. The van der Waals surface area contributed by atoms with Gasteiger partial charge in [-0.25, -0.2) is 13.2 Å². The van der Waals surface area contributed by atoms with E-state index < -0.39 is 22.1 Å². The van der Waals surface area contributed by atoms with E-state index in [1.165, 1.54) is 29.4 Å². The second-order valence-corrected chi connectivity index (χ2v) is 10.8. The van der Waals surface area contributed by atoms with Gasteiger partial charge in [-0.1, -0.05) is 19.8 Å². The zero-order valence-electron chi connectivity index (χ0n) is 17.8. The Morgan fingerprint density at radius 1 is 1.23 bits per heavy atom. The molecule has 1 N–H and O–H groups in total. The Balaban J connectivity index is 1.68. The van der Waals surface area contributed by atoms with Crippen LogP contribution in [0.15, 0.2) is 27.6 Å². The number of morpholine rings is 1. The summed E-state index contributed by atoms with van der Waals surface area (Å²) in [5.41, 5.74) is 0.0701. The van der Waals surface area contributed by atoms with Crippen LogP contribution in [0.25, 0.3) is 0 Å². The number of hydrogen-bond donors (Lipinski definition) is 1. The smallest absolute Gasteiger partial charge is 0.338 e. The van der Waals surface area contributed by atoms with Crippen molar-refractivity contribution < 1.29 is 27.5 Å². The summed E-state index contributed by atoms with van der Waals surface area (Å²) in [4.78, 5) is 25.1. The number of halogens is 1. The Bertz CT molecular complexity index is 916. The molecule has 10 heteroatoms. The number of ether oxygens (including phenoxy) is 2. The molecule has 1 saturated carbocycles. The van der Waals surface area contributed by atoms with Crippen molar-refractivity contribution in [3.05, 3.63) is 28.2 Å². The van der Waals surface area contributed by atoms with Gasteiger partial charge in [-0.05, 0) is 59.8 Å². The first-order valence-electron chi connectivity index (χ1n) is 10.6. The van der Waals surface area contributed by atoms with Crippen molar-refractivity contribution in [3.8, 4) is 0 Å². The van der Waals surface area contributed by atoms with Crippen molar-refractivity contribution in [2.45, 2.75) is 56.6 Å². The number of rotatable bonds is 6. The largest absolute Gasteiger partial charge is 0.449 e. The minimum Gasteiger partial charge on any atom is -0.449 e.